The Kier molecular flexibility index (Phi) is 33.5. The smallest absolute Gasteiger partial charge is 0.263 e. The van der Waals surface area contributed by atoms with Gasteiger partial charge in [-0.25, -0.2) is 80.9 Å². The Labute approximate surface area is 679 Å². The quantitative estimate of drug-likeness (QED) is 0.0376. The van der Waals surface area contributed by atoms with Gasteiger partial charge in [-0.05, 0) is 197 Å². The van der Waals surface area contributed by atoms with E-state index in [0.29, 0.717) is 74.1 Å². The highest BCUT2D eigenvalue weighted by Crippen LogP contribution is 2.37. The molecule has 6 aromatic carbocycles. The van der Waals surface area contributed by atoms with Gasteiger partial charge in [0.05, 0.1) is 63.5 Å². The number of nitrogens with zero attached hydrogens (tertiary/aromatic N) is 9. The van der Waals surface area contributed by atoms with E-state index in [2.05, 4.69) is 68.5 Å². The van der Waals surface area contributed by atoms with E-state index < -0.39 is 80.2 Å². The van der Waals surface area contributed by atoms with Crippen LogP contribution in [0.5, 0.6) is 0 Å². The SMILES string of the molecule is CCCN(CCC)c1ccccc1NS(=O)(=O)c1ccc(S(=O)(=O)N(C)C)nc1.CCN(CC)S(=O)(=O)c1ccc(S(=O)(=O)N2CCC(C)CC2)cc1.CCN(CC)S(=O)(=O)c1ccc(S(=O)(=O)Nc2ccccc2N2CCC(C)CC2)cc1.Cc1cccc(NS(=O)(=O)c2ccc(S(=O)(=O)N(C)C)cc2)c1N1CCC(C)CC1. The molecule has 10 rings (SSSR count). The van der Waals surface area contributed by atoms with Crippen molar-refractivity contribution in [3.8, 4) is 0 Å². The normalized spacial score (nSPS) is 15.5. The van der Waals surface area contributed by atoms with Crippen LogP contribution in [0.3, 0.4) is 0 Å². The predicted octanol–water partition coefficient (Wildman–Crippen LogP) is 11.9. The van der Waals surface area contributed by atoms with Crippen LogP contribution in [0.2, 0.25) is 0 Å². The van der Waals surface area contributed by atoms with Gasteiger partial charge >= 0.3 is 0 Å². The van der Waals surface area contributed by atoms with Gasteiger partial charge in [0.15, 0.2) is 5.03 Å². The lowest BCUT2D eigenvalue weighted by atomic mass is 9.98. The molecule has 3 aliphatic rings. The number of piperidine rings is 3. The van der Waals surface area contributed by atoms with E-state index >= 15 is 0 Å². The van der Waals surface area contributed by atoms with Gasteiger partial charge < -0.3 is 14.7 Å². The van der Waals surface area contributed by atoms with E-state index in [1.54, 1.807) is 58.0 Å². The van der Waals surface area contributed by atoms with Crippen molar-refractivity contribution in [2.24, 2.45) is 17.8 Å². The second kappa shape index (κ2) is 40.7. The maximum absolute atomic E-state index is 13.0. The summed E-state index contributed by atoms with van der Waals surface area (Å²) in [4.78, 5) is 10.7. The molecule has 0 bridgehead atoms. The molecule has 3 aliphatic heterocycles. The van der Waals surface area contributed by atoms with Gasteiger partial charge in [0.25, 0.3) is 40.1 Å². The zero-order valence-corrected chi connectivity index (χ0v) is 74.2. The van der Waals surface area contributed by atoms with Crippen molar-refractivity contribution < 1.29 is 67.3 Å². The summed E-state index contributed by atoms with van der Waals surface area (Å²) in [5.41, 5.74) is 5.11. The summed E-state index contributed by atoms with van der Waals surface area (Å²) in [6.07, 6.45) is 8.93. The van der Waals surface area contributed by atoms with Crippen LogP contribution in [-0.2, 0) is 80.2 Å². The highest BCUT2D eigenvalue weighted by molar-refractivity contribution is 7.93. The maximum Gasteiger partial charge on any atom is 0.263 e. The summed E-state index contributed by atoms with van der Waals surface area (Å²) in [5.74, 6) is 1.88. The third-order valence-corrected chi connectivity index (χ3v) is 33.7. The van der Waals surface area contributed by atoms with Crippen molar-refractivity contribution in [2.45, 2.75) is 160 Å². The van der Waals surface area contributed by atoms with Crippen LogP contribution in [0.1, 0.15) is 119 Å². The largest absolute Gasteiger partial charge is 0.370 e. The number of anilines is 6. The molecule has 0 atom stereocenters. The molecule has 7 aromatic rings. The number of pyridine rings is 1. The molecule has 4 heterocycles. The molecule has 0 unspecified atom stereocenters. The van der Waals surface area contributed by atoms with Crippen molar-refractivity contribution in [3.05, 3.63) is 163 Å². The average molecular weight is 1730 g/mol. The summed E-state index contributed by atoms with van der Waals surface area (Å²) in [7, 11) is -24.1. The first kappa shape index (κ1) is 93.8. The van der Waals surface area contributed by atoms with Crippen molar-refractivity contribution >= 4 is 114 Å². The van der Waals surface area contributed by atoms with Crippen molar-refractivity contribution in [3.63, 3.8) is 0 Å². The summed E-state index contributed by atoms with van der Waals surface area (Å²) in [6.45, 7) is 27.5. The van der Waals surface area contributed by atoms with Gasteiger partial charge in [0.1, 0.15) is 4.90 Å². The first-order chi connectivity index (χ1) is 53.6. The topological polar surface area (TPSA) is 348 Å². The highest BCUT2D eigenvalue weighted by atomic mass is 32.2. The van der Waals surface area contributed by atoms with Gasteiger partial charge in [-0.15, -0.1) is 0 Å². The Morgan fingerprint density at radius 2 is 0.737 bits per heavy atom. The lowest BCUT2D eigenvalue weighted by Gasteiger charge is -2.34. The van der Waals surface area contributed by atoms with E-state index in [4.69, 9.17) is 0 Å². The van der Waals surface area contributed by atoms with Gasteiger partial charge in [-0.1, -0.05) is 98.7 Å². The molecule has 0 radical (unpaired) electrons. The van der Waals surface area contributed by atoms with Crippen LogP contribution in [0.15, 0.2) is 197 Å². The van der Waals surface area contributed by atoms with Gasteiger partial charge in [0.2, 0.25) is 40.1 Å². The van der Waals surface area contributed by atoms with E-state index in [1.807, 2.05) is 43.3 Å². The fourth-order valence-corrected chi connectivity index (χ4v) is 22.3. The van der Waals surface area contributed by atoms with E-state index in [1.165, 1.54) is 126 Å². The molecule has 0 aliphatic carbocycles. The minimum absolute atomic E-state index is 0.0138. The Morgan fingerprint density at radius 1 is 0.377 bits per heavy atom. The van der Waals surface area contributed by atoms with Gasteiger partial charge in [0, 0.05) is 113 Å². The number of benzene rings is 6. The Balaban J connectivity index is 0.000000211. The Bertz CT molecular complexity index is 5270. The molecule has 3 saturated heterocycles. The number of sulfonamides is 8. The molecule has 0 amide bonds. The average Bonchev–Trinajstić information content (AvgIpc) is 0.801. The highest BCUT2D eigenvalue weighted by Gasteiger charge is 2.32. The zero-order valence-electron chi connectivity index (χ0n) is 67.7. The van der Waals surface area contributed by atoms with Crippen molar-refractivity contribution in [2.75, 3.05) is 136 Å². The Hall–Kier alpha value is -7.33. The van der Waals surface area contributed by atoms with Gasteiger partial charge in [-0.2, -0.15) is 12.9 Å². The standard InChI is InChI=1S/C22H31N3O4S2.C21H29N3O4S2.C19H28N4O4S2.C16H26N2O4S2/c1-4-25(5-2)31(28,29)20-12-10-19(11-13-20)30(26,27)23-21-8-6-7-9-22(21)24-16-14-18(3)15-17-24;1-16-12-14-24(15-13-16)21-17(2)6-5-7-20(21)22-29(25,26)18-8-10-19(11-9-18)30(27,28)23(3)4;1-5-13-23(14-6-2)18-10-8-7-9-17(18)21-28(24,25)16-11-12-19(20-15-16)29(26,27)22(3)4;1-4-17(5-2)23(19,20)15-6-8-16(9-7-15)24(21,22)18-12-10-14(3)11-13-18/h6-13,18,23H,4-5,14-17H2,1-3H3;5-11,16,22H,12-15H2,1-4H3;7-12,15,21H,5-6,13-14H2,1-4H3;6-9,14H,4-5,10-13H2,1-3H3. The number of nitrogens with one attached hydrogen (secondary N) is 3. The fourth-order valence-electron chi connectivity index (χ4n) is 13.1. The summed E-state index contributed by atoms with van der Waals surface area (Å²) in [6, 6.07) is 38.8. The first-order valence-electron chi connectivity index (χ1n) is 38.3. The van der Waals surface area contributed by atoms with Crippen molar-refractivity contribution in [1.82, 2.24) is 26.5 Å². The van der Waals surface area contributed by atoms with Crippen LogP contribution < -0.4 is 28.9 Å². The molecule has 3 fully saturated rings. The second-order valence-corrected chi connectivity index (χ2v) is 43.8. The molecule has 1 aromatic heterocycles. The van der Waals surface area contributed by atoms with Crippen LogP contribution in [-0.4, -0.2) is 201 Å². The molecule has 630 valence electrons. The lowest BCUT2D eigenvalue weighted by Crippen LogP contribution is -2.37. The minimum Gasteiger partial charge on any atom is -0.370 e. The first-order valence-corrected chi connectivity index (χ1v) is 49.9. The summed E-state index contributed by atoms with van der Waals surface area (Å²) in [5, 5.41) is -0.209. The lowest BCUT2D eigenvalue weighted by molar-refractivity contribution is 0.288. The molecule has 0 saturated carbocycles. The number of hydrogen-bond acceptors (Lipinski definition) is 20. The number of aromatic nitrogens is 1. The molecule has 0 spiro atoms. The number of aryl methyl sites for hydroxylation is 1. The fraction of sp³-hybridized carbons (Fsp3) is 0.474. The molecular formula is C78H114N12O16S8. The van der Waals surface area contributed by atoms with E-state index in [-0.39, 0.29) is 39.3 Å². The predicted molar refractivity (Wildman–Crippen MR) is 453 cm³/mol. The van der Waals surface area contributed by atoms with Crippen LogP contribution >= 0.6 is 0 Å². The van der Waals surface area contributed by atoms with Gasteiger partial charge in [-0.3, -0.25) is 14.2 Å². The molecule has 3 N–H and O–H groups in total. The zero-order chi connectivity index (χ0) is 84.4. The maximum atomic E-state index is 13.0. The number of rotatable bonds is 30. The van der Waals surface area contributed by atoms with Crippen LogP contribution in [0.25, 0.3) is 0 Å². The molecule has 36 heteroatoms. The molecular weight excluding hydrogens is 1620 g/mol. The van der Waals surface area contributed by atoms with Crippen LogP contribution in [0, 0.1) is 24.7 Å². The molecule has 114 heavy (non-hydrogen) atoms. The van der Waals surface area contributed by atoms with Crippen LogP contribution in [0.4, 0.5) is 34.1 Å². The third-order valence-electron chi connectivity index (χ3n) is 20.0. The van der Waals surface area contributed by atoms with E-state index in [9.17, 15) is 67.3 Å². The monoisotopic (exact) mass is 1730 g/mol. The summed E-state index contributed by atoms with van der Waals surface area (Å²) >= 11 is 0. The minimum atomic E-state index is -3.93. The van der Waals surface area contributed by atoms with E-state index in [0.717, 1.165) is 128 Å². The third kappa shape index (κ3) is 23.7. The number of hydrogen-bond donors (Lipinski definition) is 3. The molecule has 28 nitrogen and oxygen atoms in total. The second-order valence-electron chi connectivity index (χ2n) is 28.7. The number of para-hydroxylation sites is 5. The Morgan fingerprint density at radius 3 is 1.17 bits per heavy atom. The van der Waals surface area contributed by atoms with Crippen molar-refractivity contribution in [1.29, 1.82) is 0 Å². The summed E-state index contributed by atoms with van der Waals surface area (Å²) < 4.78 is 216.